The third-order valence-corrected chi connectivity index (χ3v) is 6.72. The van der Waals surface area contributed by atoms with Crippen LogP contribution in [0.25, 0.3) is 0 Å². The molecule has 3 rings (SSSR count). The smallest absolute Gasteiger partial charge is 0.243 e. The molecular weight excluding hydrogens is 383 g/mol. The van der Waals surface area contributed by atoms with Crippen molar-refractivity contribution in [2.45, 2.75) is 36.7 Å². The van der Waals surface area contributed by atoms with Crippen molar-refractivity contribution in [1.29, 1.82) is 0 Å². The van der Waals surface area contributed by atoms with Gasteiger partial charge in [0.05, 0.1) is 12.0 Å². The monoisotopic (exact) mass is 406 g/mol. The van der Waals surface area contributed by atoms with Crippen LogP contribution in [0.5, 0.6) is 5.75 Å². The number of carbonyl (C=O) groups excluding carboxylic acids is 1. The lowest BCUT2D eigenvalue weighted by molar-refractivity contribution is -0.125. The Hall–Kier alpha value is -2.45. The maximum Gasteiger partial charge on any atom is 0.243 e. The van der Waals surface area contributed by atoms with E-state index in [1.807, 2.05) is 12.1 Å². The van der Waals surface area contributed by atoms with Crippen molar-refractivity contribution in [1.82, 2.24) is 9.62 Å². The lowest BCUT2D eigenvalue weighted by Crippen LogP contribution is -2.51. The summed E-state index contributed by atoms with van der Waals surface area (Å²) in [7, 11) is -2.30. The largest absolute Gasteiger partial charge is 0.497 e. The predicted molar refractivity (Wildman–Crippen MR) is 103 cm³/mol. The number of methoxy groups -OCH3 is 1. The van der Waals surface area contributed by atoms with Crippen LogP contribution in [0, 0.1) is 5.82 Å². The first-order chi connectivity index (χ1) is 13.4. The Labute approximate surface area is 164 Å². The average Bonchev–Trinajstić information content (AvgIpc) is 2.72. The molecule has 0 aliphatic carbocycles. The SMILES string of the molecule is COc1ccc(CNC(=O)[C@@H]2CCCCN2S(=O)(=O)c2ccc(F)cc2)cc1. The van der Waals surface area contributed by atoms with Crippen LogP contribution in [0.2, 0.25) is 0 Å². The maximum absolute atomic E-state index is 13.2. The molecule has 0 aromatic heterocycles. The standard InChI is InChI=1S/C20H23FN2O4S/c1-27-17-9-5-15(6-10-17)14-22-20(24)19-4-2-3-13-23(19)28(25,26)18-11-7-16(21)8-12-18/h5-12,19H,2-4,13-14H2,1H3,(H,22,24)/t19-/m0/s1. The van der Waals surface area contributed by atoms with Crippen LogP contribution in [0.4, 0.5) is 4.39 Å². The minimum absolute atomic E-state index is 0.0104. The molecule has 1 N–H and O–H groups in total. The van der Waals surface area contributed by atoms with Gasteiger partial charge in [0.25, 0.3) is 0 Å². The summed E-state index contributed by atoms with van der Waals surface area (Å²) in [6.45, 7) is 0.560. The first-order valence-electron chi connectivity index (χ1n) is 9.10. The average molecular weight is 406 g/mol. The number of carbonyl (C=O) groups is 1. The van der Waals surface area contributed by atoms with Crippen molar-refractivity contribution in [3.05, 3.63) is 59.9 Å². The molecule has 0 saturated carbocycles. The number of piperidine rings is 1. The number of hydrogen-bond acceptors (Lipinski definition) is 4. The molecule has 1 saturated heterocycles. The molecule has 1 atom stereocenters. The van der Waals surface area contributed by atoms with E-state index in [-0.39, 0.29) is 17.3 Å². The summed E-state index contributed by atoms with van der Waals surface area (Å²) in [6, 6.07) is 11.2. The van der Waals surface area contributed by atoms with Gasteiger partial charge in [0, 0.05) is 13.1 Å². The van der Waals surface area contributed by atoms with E-state index in [9.17, 15) is 17.6 Å². The topological polar surface area (TPSA) is 75.7 Å². The predicted octanol–water partition coefficient (Wildman–Crippen LogP) is 2.69. The van der Waals surface area contributed by atoms with Crippen LogP contribution in [0.1, 0.15) is 24.8 Å². The van der Waals surface area contributed by atoms with E-state index in [1.54, 1.807) is 19.2 Å². The molecule has 1 amide bonds. The highest BCUT2D eigenvalue weighted by Gasteiger charge is 2.37. The highest BCUT2D eigenvalue weighted by molar-refractivity contribution is 7.89. The molecule has 6 nitrogen and oxygen atoms in total. The molecule has 150 valence electrons. The van der Waals surface area contributed by atoms with Gasteiger partial charge in [-0.25, -0.2) is 12.8 Å². The molecule has 1 aliphatic heterocycles. The quantitative estimate of drug-likeness (QED) is 0.800. The van der Waals surface area contributed by atoms with Gasteiger partial charge in [-0.3, -0.25) is 4.79 Å². The number of rotatable bonds is 6. The minimum atomic E-state index is -3.88. The second-order valence-corrected chi connectivity index (χ2v) is 8.54. The van der Waals surface area contributed by atoms with E-state index >= 15 is 0 Å². The van der Waals surface area contributed by atoms with Gasteiger partial charge in [-0.15, -0.1) is 0 Å². The fourth-order valence-electron chi connectivity index (χ4n) is 3.25. The van der Waals surface area contributed by atoms with E-state index in [2.05, 4.69) is 5.32 Å². The van der Waals surface area contributed by atoms with Gasteiger partial charge in [-0.2, -0.15) is 4.31 Å². The summed E-state index contributed by atoms with van der Waals surface area (Å²) in [4.78, 5) is 12.7. The Bertz CT molecular complexity index is 914. The molecule has 8 heteroatoms. The van der Waals surface area contributed by atoms with Gasteiger partial charge < -0.3 is 10.1 Å². The molecule has 0 spiro atoms. The Morgan fingerprint density at radius 2 is 1.82 bits per heavy atom. The van der Waals surface area contributed by atoms with Crippen molar-refractivity contribution in [3.63, 3.8) is 0 Å². The maximum atomic E-state index is 13.2. The van der Waals surface area contributed by atoms with Crippen molar-refractivity contribution in [2.75, 3.05) is 13.7 Å². The van der Waals surface area contributed by atoms with E-state index < -0.39 is 21.9 Å². The second kappa shape index (κ2) is 8.70. The van der Waals surface area contributed by atoms with Gasteiger partial charge >= 0.3 is 0 Å². The fourth-order valence-corrected chi connectivity index (χ4v) is 4.90. The highest BCUT2D eigenvalue weighted by atomic mass is 32.2. The summed E-state index contributed by atoms with van der Waals surface area (Å²) < 4.78 is 45.4. The van der Waals surface area contributed by atoms with E-state index in [0.717, 1.165) is 29.9 Å². The zero-order valence-electron chi connectivity index (χ0n) is 15.6. The van der Waals surface area contributed by atoms with Gasteiger partial charge in [0.15, 0.2) is 0 Å². The van der Waals surface area contributed by atoms with Gasteiger partial charge in [0.1, 0.15) is 17.6 Å². The fraction of sp³-hybridized carbons (Fsp3) is 0.350. The summed E-state index contributed by atoms with van der Waals surface area (Å²) in [6.07, 6.45) is 1.91. The Balaban J connectivity index is 1.72. The van der Waals surface area contributed by atoms with Crippen molar-refractivity contribution in [3.8, 4) is 5.75 Å². The molecule has 1 aliphatic rings. The number of ether oxygens (including phenoxy) is 1. The molecule has 2 aromatic rings. The van der Waals surface area contributed by atoms with Crippen molar-refractivity contribution >= 4 is 15.9 Å². The number of sulfonamides is 1. The van der Waals surface area contributed by atoms with Crippen LogP contribution in [0.3, 0.4) is 0 Å². The summed E-state index contributed by atoms with van der Waals surface area (Å²) >= 11 is 0. The lowest BCUT2D eigenvalue weighted by atomic mass is 10.0. The molecule has 0 bridgehead atoms. The van der Waals surface area contributed by atoms with Crippen LogP contribution in [-0.4, -0.2) is 38.3 Å². The van der Waals surface area contributed by atoms with Gasteiger partial charge in [0.2, 0.25) is 15.9 Å². The Kier molecular flexibility index (Phi) is 6.31. The second-order valence-electron chi connectivity index (χ2n) is 6.65. The van der Waals surface area contributed by atoms with Crippen LogP contribution >= 0.6 is 0 Å². The first kappa shape index (κ1) is 20.3. The minimum Gasteiger partial charge on any atom is -0.497 e. The van der Waals surface area contributed by atoms with Crippen LogP contribution in [0.15, 0.2) is 53.4 Å². The molecule has 2 aromatic carbocycles. The van der Waals surface area contributed by atoms with E-state index in [1.165, 1.54) is 16.4 Å². The molecule has 1 fully saturated rings. The Morgan fingerprint density at radius 3 is 2.46 bits per heavy atom. The summed E-state index contributed by atoms with van der Waals surface area (Å²) in [5.74, 6) is -0.119. The number of hydrogen-bond donors (Lipinski definition) is 1. The number of nitrogens with one attached hydrogen (secondary N) is 1. The Morgan fingerprint density at radius 1 is 1.14 bits per heavy atom. The zero-order valence-corrected chi connectivity index (χ0v) is 16.4. The molecule has 28 heavy (non-hydrogen) atoms. The third-order valence-electron chi connectivity index (χ3n) is 4.80. The number of benzene rings is 2. The third kappa shape index (κ3) is 4.51. The zero-order chi connectivity index (χ0) is 20.1. The number of nitrogens with zero attached hydrogens (tertiary/aromatic N) is 1. The number of amides is 1. The summed E-state index contributed by atoms with van der Waals surface area (Å²) in [5, 5.41) is 2.82. The molecular formula is C20H23FN2O4S. The molecule has 1 heterocycles. The van der Waals surface area contributed by atoms with Crippen molar-refractivity contribution < 1.29 is 22.3 Å². The van der Waals surface area contributed by atoms with E-state index in [0.29, 0.717) is 19.4 Å². The number of halogens is 1. The van der Waals surface area contributed by atoms with Gasteiger partial charge in [-0.1, -0.05) is 18.6 Å². The van der Waals surface area contributed by atoms with Gasteiger partial charge in [-0.05, 0) is 54.8 Å². The molecule has 0 radical (unpaired) electrons. The highest BCUT2D eigenvalue weighted by Crippen LogP contribution is 2.26. The van der Waals surface area contributed by atoms with Crippen LogP contribution in [-0.2, 0) is 21.4 Å². The van der Waals surface area contributed by atoms with E-state index in [4.69, 9.17) is 4.74 Å². The van der Waals surface area contributed by atoms with Crippen molar-refractivity contribution in [2.24, 2.45) is 0 Å². The lowest BCUT2D eigenvalue weighted by Gasteiger charge is -2.33. The first-order valence-corrected chi connectivity index (χ1v) is 10.5. The van der Waals surface area contributed by atoms with Crippen LogP contribution < -0.4 is 10.1 Å². The normalized spacial score (nSPS) is 17.9. The molecule has 0 unspecified atom stereocenters. The summed E-state index contributed by atoms with van der Waals surface area (Å²) in [5.41, 5.74) is 0.887.